The number of aryl methyl sites for hydroxylation is 1. The maximum absolute atomic E-state index is 12.0. The number of rotatable bonds is 8. The highest BCUT2D eigenvalue weighted by atomic mass is 16.5. The third kappa shape index (κ3) is 6.24. The van der Waals surface area contributed by atoms with E-state index >= 15 is 0 Å². The molecule has 0 atom stereocenters. The number of carbonyl (C=O) groups is 2. The third-order valence-corrected chi connectivity index (χ3v) is 4.10. The lowest BCUT2D eigenvalue weighted by Gasteiger charge is -2.08. The van der Waals surface area contributed by atoms with Gasteiger partial charge >= 0.3 is 11.8 Å². The van der Waals surface area contributed by atoms with Gasteiger partial charge in [-0.1, -0.05) is 37.6 Å². The second-order valence-corrected chi connectivity index (χ2v) is 6.11. The summed E-state index contributed by atoms with van der Waals surface area (Å²) in [7, 11) is 1.62. The van der Waals surface area contributed by atoms with E-state index in [1.807, 2.05) is 48.5 Å². The Balaban J connectivity index is 1.75. The van der Waals surface area contributed by atoms with Gasteiger partial charge in [-0.25, -0.2) is 0 Å². The zero-order valence-electron chi connectivity index (χ0n) is 15.4. The lowest BCUT2D eigenvalue weighted by molar-refractivity contribution is -0.136. The van der Waals surface area contributed by atoms with Crippen LogP contribution in [-0.2, 0) is 22.4 Å². The molecule has 5 nitrogen and oxygen atoms in total. The average molecular weight is 354 g/mol. The van der Waals surface area contributed by atoms with E-state index in [9.17, 15) is 9.59 Å². The first-order chi connectivity index (χ1) is 12.6. The van der Waals surface area contributed by atoms with Crippen molar-refractivity contribution in [1.82, 2.24) is 5.32 Å². The van der Waals surface area contributed by atoms with Crippen molar-refractivity contribution < 1.29 is 14.3 Å². The average Bonchev–Trinajstić information content (AvgIpc) is 2.67. The molecular weight excluding hydrogens is 328 g/mol. The van der Waals surface area contributed by atoms with E-state index in [0.29, 0.717) is 18.7 Å². The Morgan fingerprint density at radius 3 is 2.12 bits per heavy atom. The smallest absolute Gasteiger partial charge is 0.313 e. The zero-order valence-corrected chi connectivity index (χ0v) is 15.4. The van der Waals surface area contributed by atoms with Gasteiger partial charge in [0.1, 0.15) is 5.75 Å². The largest absolute Gasteiger partial charge is 0.497 e. The van der Waals surface area contributed by atoms with Crippen LogP contribution in [0.5, 0.6) is 5.75 Å². The summed E-state index contributed by atoms with van der Waals surface area (Å²) < 4.78 is 5.10. The fraction of sp³-hybridized carbons (Fsp3) is 0.333. The first-order valence-electron chi connectivity index (χ1n) is 8.93. The maximum Gasteiger partial charge on any atom is 0.313 e. The molecule has 0 fully saturated rings. The quantitative estimate of drug-likeness (QED) is 0.715. The molecule has 0 spiro atoms. The lowest BCUT2D eigenvalue weighted by Crippen LogP contribution is -2.36. The van der Waals surface area contributed by atoms with Crippen molar-refractivity contribution in [3.63, 3.8) is 0 Å². The number of unbranched alkanes of at least 4 members (excludes halogenated alkanes) is 1. The van der Waals surface area contributed by atoms with Gasteiger partial charge in [-0.05, 0) is 54.7 Å². The van der Waals surface area contributed by atoms with Crippen LogP contribution in [0.2, 0.25) is 0 Å². The summed E-state index contributed by atoms with van der Waals surface area (Å²) in [4.78, 5) is 23.9. The molecule has 2 rings (SSSR count). The molecule has 0 heterocycles. The van der Waals surface area contributed by atoms with Crippen LogP contribution in [0.15, 0.2) is 48.5 Å². The van der Waals surface area contributed by atoms with Crippen molar-refractivity contribution in [1.29, 1.82) is 0 Å². The highest BCUT2D eigenvalue weighted by Crippen LogP contribution is 2.12. The van der Waals surface area contributed by atoms with Crippen LogP contribution in [0, 0.1) is 0 Å². The molecule has 0 radical (unpaired) electrons. The van der Waals surface area contributed by atoms with Crippen molar-refractivity contribution in [2.45, 2.75) is 32.6 Å². The van der Waals surface area contributed by atoms with Gasteiger partial charge in [0.25, 0.3) is 0 Å². The number of benzene rings is 2. The van der Waals surface area contributed by atoms with E-state index in [1.54, 1.807) is 7.11 Å². The summed E-state index contributed by atoms with van der Waals surface area (Å²) in [6.07, 6.45) is 3.96. The molecule has 2 aromatic rings. The van der Waals surface area contributed by atoms with Gasteiger partial charge in [-0.15, -0.1) is 0 Å². The van der Waals surface area contributed by atoms with Crippen molar-refractivity contribution >= 4 is 17.5 Å². The molecule has 0 aliphatic heterocycles. The van der Waals surface area contributed by atoms with E-state index in [1.165, 1.54) is 5.56 Å². The topological polar surface area (TPSA) is 67.4 Å². The minimum atomic E-state index is -0.652. The van der Waals surface area contributed by atoms with Crippen LogP contribution in [0.3, 0.4) is 0 Å². The summed E-state index contributed by atoms with van der Waals surface area (Å²) in [5.41, 5.74) is 2.92. The van der Waals surface area contributed by atoms with E-state index in [2.05, 4.69) is 17.6 Å². The molecule has 0 aromatic heterocycles. The zero-order chi connectivity index (χ0) is 18.8. The lowest BCUT2D eigenvalue weighted by atomic mass is 10.1. The van der Waals surface area contributed by atoms with E-state index in [-0.39, 0.29) is 0 Å². The monoisotopic (exact) mass is 354 g/mol. The van der Waals surface area contributed by atoms with Gasteiger partial charge in [0.05, 0.1) is 7.11 Å². The number of anilines is 1. The molecule has 2 aromatic carbocycles. The van der Waals surface area contributed by atoms with E-state index in [0.717, 1.165) is 30.6 Å². The van der Waals surface area contributed by atoms with Crippen molar-refractivity contribution in [2.75, 3.05) is 19.0 Å². The third-order valence-electron chi connectivity index (χ3n) is 4.10. The van der Waals surface area contributed by atoms with E-state index in [4.69, 9.17) is 4.74 Å². The Morgan fingerprint density at radius 1 is 0.885 bits per heavy atom. The van der Waals surface area contributed by atoms with Gasteiger partial charge < -0.3 is 15.4 Å². The second kappa shape index (κ2) is 10.2. The first kappa shape index (κ1) is 19.5. The summed E-state index contributed by atoms with van der Waals surface area (Å²) in [6.45, 7) is 2.55. The van der Waals surface area contributed by atoms with Crippen LogP contribution >= 0.6 is 0 Å². The fourth-order valence-electron chi connectivity index (χ4n) is 2.52. The van der Waals surface area contributed by atoms with Gasteiger partial charge in [0.15, 0.2) is 0 Å². The molecule has 0 saturated heterocycles. The minimum Gasteiger partial charge on any atom is -0.497 e. The predicted octanol–water partition coefficient (Wildman–Crippen LogP) is 3.34. The number of nitrogens with one attached hydrogen (secondary N) is 2. The number of methoxy groups -OCH3 is 1. The fourth-order valence-corrected chi connectivity index (χ4v) is 2.52. The van der Waals surface area contributed by atoms with Gasteiger partial charge in [0.2, 0.25) is 0 Å². The SMILES string of the molecule is CCCCc1ccc(NC(=O)C(=O)NCCc2ccc(OC)cc2)cc1. The first-order valence-corrected chi connectivity index (χ1v) is 8.93. The Labute approximate surface area is 154 Å². The number of carbonyl (C=O) groups excluding carboxylic acids is 2. The molecule has 2 N–H and O–H groups in total. The van der Waals surface area contributed by atoms with E-state index < -0.39 is 11.8 Å². The Morgan fingerprint density at radius 2 is 1.50 bits per heavy atom. The Hall–Kier alpha value is -2.82. The molecule has 26 heavy (non-hydrogen) atoms. The van der Waals surface area contributed by atoms with Crippen LogP contribution in [0.1, 0.15) is 30.9 Å². The van der Waals surface area contributed by atoms with Gasteiger partial charge in [-0.3, -0.25) is 9.59 Å². The normalized spacial score (nSPS) is 10.2. The van der Waals surface area contributed by atoms with Crippen molar-refractivity contribution in [2.24, 2.45) is 0 Å². The number of hydrogen-bond donors (Lipinski definition) is 2. The molecule has 0 bridgehead atoms. The Bertz CT molecular complexity index is 709. The van der Waals surface area contributed by atoms with Crippen molar-refractivity contribution in [3.8, 4) is 5.75 Å². The number of hydrogen-bond acceptors (Lipinski definition) is 3. The molecule has 0 saturated carbocycles. The van der Waals surface area contributed by atoms with Crippen LogP contribution in [-0.4, -0.2) is 25.5 Å². The molecule has 2 amide bonds. The van der Waals surface area contributed by atoms with Gasteiger partial charge in [-0.2, -0.15) is 0 Å². The summed E-state index contributed by atoms with van der Waals surface area (Å²) in [5.74, 6) is -0.493. The van der Waals surface area contributed by atoms with Crippen LogP contribution < -0.4 is 15.4 Å². The van der Waals surface area contributed by atoms with Crippen molar-refractivity contribution in [3.05, 3.63) is 59.7 Å². The Kier molecular flexibility index (Phi) is 7.68. The standard InChI is InChI=1S/C21H26N2O3/c1-3-4-5-16-6-10-18(11-7-16)23-21(25)20(24)22-15-14-17-8-12-19(26-2)13-9-17/h6-13H,3-5,14-15H2,1-2H3,(H,22,24)(H,23,25). The van der Waals surface area contributed by atoms with Crippen LogP contribution in [0.25, 0.3) is 0 Å². The molecule has 0 aliphatic carbocycles. The second-order valence-electron chi connectivity index (χ2n) is 6.11. The van der Waals surface area contributed by atoms with Gasteiger partial charge in [0, 0.05) is 12.2 Å². The minimum absolute atomic E-state index is 0.397. The predicted molar refractivity (Wildman–Crippen MR) is 103 cm³/mol. The molecule has 5 heteroatoms. The summed E-state index contributed by atoms with van der Waals surface area (Å²) in [5, 5.41) is 5.26. The molecule has 0 unspecified atom stereocenters. The highest BCUT2D eigenvalue weighted by molar-refractivity contribution is 6.39. The molecule has 138 valence electrons. The number of amides is 2. The molecule has 0 aliphatic rings. The highest BCUT2D eigenvalue weighted by Gasteiger charge is 2.13. The maximum atomic E-state index is 12.0. The summed E-state index contributed by atoms with van der Waals surface area (Å²) >= 11 is 0. The number of ether oxygens (including phenoxy) is 1. The molecular formula is C21H26N2O3. The summed E-state index contributed by atoms with van der Waals surface area (Å²) in [6, 6.07) is 15.2. The van der Waals surface area contributed by atoms with Crippen LogP contribution in [0.4, 0.5) is 5.69 Å².